The predicted octanol–water partition coefficient (Wildman–Crippen LogP) is 3.34. The molecule has 4 heteroatoms. The van der Waals surface area contributed by atoms with Crippen LogP contribution in [0, 0.1) is 0 Å². The lowest BCUT2D eigenvalue weighted by Crippen LogP contribution is -2.47. The van der Waals surface area contributed by atoms with Crippen LogP contribution in [0.25, 0.3) is 0 Å². The Balaban J connectivity index is 0.00000338. The number of aromatic nitrogens is 1. The fourth-order valence-corrected chi connectivity index (χ4v) is 2.68. The van der Waals surface area contributed by atoms with Crippen molar-refractivity contribution in [3.8, 4) is 0 Å². The van der Waals surface area contributed by atoms with Crippen LogP contribution in [0.5, 0.6) is 0 Å². The van der Waals surface area contributed by atoms with Gasteiger partial charge in [0, 0.05) is 32.0 Å². The molecular weight excluding hydrogens is 262 g/mol. The van der Waals surface area contributed by atoms with E-state index in [0.717, 1.165) is 25.9 Å². The molecule has 1 aliphatic heterocycles. The molecule has 1 atom stereocenters. The van der Waals surface area contributed by atoms with Crippen molar-refractivity contribution in [2.75, 3.05) is 24.5 Å². The minimum atomic E-state index is -3.04. The Kier molecular flexibility index (Phi) is 4.68. The second kappa shape index (κ2) is 8.78. The van der Waals surface area contributed by atoms with Gasteiger partial charge in [0.25, 0.3) is 0 Å². The van der Waals surface area contributed by atoms with E-state index in [0.29, 0.717) is 6.54 Å². The number of rotatable bonds is 5. The maximum atomic E-state index is 12.8. The lowest BCUT2D eigenvalue weighted by Gasteiger charge is -2.34. The maximum absolute atomic E-state index is 12.8. The summed E-state index contributed by atoms with van der Waals surface area (Å²) in [6.45, 7) is 1.18. The molecule has 1 saturated heterocycles. The van der Waals surface area contributed by atoms with Crippen molar-refractivity contribution in [1.29, 1.82) is 0 Å². The van der Waals surface area contributed by atoms with Gasteiger partial charge in [-0.3, -0.25) is 9.69 Å². The van der Waals surface area contributed by atoms with E-state index in [-0.39, 0.29) is 13.2 Å². The Bertz CT molecular complexity index is 574. The number of anilines is 1. The highest BCUT2D eigenvalue weighted by Gasteiger charge is 2.24. The second-order valence-corrected chi connectivity index (χ2v) is 5.20. The maximum Gasteiger partial charge on any atom is 0.228 e. The number of likely N-dealkylation sites (tertiary alicyclic amines) is 1. The summed E-state index contributed by atoms with van der Waals surface area (Å²) < 4.78 is 37.9. The van der Waals surface area contributed by atoms with Crippen LogP contribution in [0.3, 0.4) is 0 Å². The van der Waals surface area contributed by atoms with E-state index in [2.05, 4.69) is 9.88 Å². The summed E-state index contributed by atoms with van der Waals surface area (Å²) >= 11 is 0. The third kappa shape index (κ3) is 4.81. The Morgan fingerprint density at radius 2 is 2.24 bits per heavy atom. The molecule has 1 aromatic rings. The van der Waals surface area contributed by atoms with Crippen molar-refractivity contribution in [2.24, 2.45) is 0 Å². The number of hydrogen-bond acceptors (Lipinski definition) is 3. The van der Waals surface area contributed by atoms with E-state index in [9.17, 15) is 4.79 Å². The number of nitrogens with zero attached hydrogens (tertiary/aromatic N) is 3. The topological polar surface area (TPSA) is 36.4 Å². The van der Waals surface area contributed by atoms with Gasteiger partial charge in [0.05, 0.1) is 0 Å². The first kappa shape index (κ1) is 11.2. The van der Waals surface area contributed by atoms with Crippen LogP contribution in [0.4, 0.5) is 5.82 Å². The molecule has 0 saturated carbocycles. The Labute approximate surface area is 136 Å². The van der Waals surface area contributed by atoms with Gasteiger partial charge in [-0.15, -0.1) is 0 Å². The molecule has 1 fully saturated rings. The summed E-state index contributed by atoms with van der Waals surface area (Å²) in [7, 11) is 0. The number of carbonyl (C=O) groups is 1. The summed E-state index contributed by atoms with van der Waals surface area (Å²) in [5.74, 6) is -0.805. The van der Waals surface area contributed by atoms with Crippen LogP contribution in [0.15, 0.2) is 24.4 Å². The standard InChI is InChI=1S/C16H25N3O.CH4/c1-3-16(20)19(15-9-5-6-10-17-15)14(2)13-18-11-7-4-8-12-18;/h5-6,9-10,14H,3-4,7-8,11-13H2,1-2H3;1H4/i1D3,3D2;. The van der Waals surface area contributed by atoms with E-state index in [1.807, 2.05) is 0 Å². The van der Waals surface area contributed by atoms with Crippen molar-refractivity contribution >= 4 is 11.7 Å². The summed E-state index contributed by atoms with van der Waals surface area (Å²) in [6.07, 6.45) is 1.92. The monoisotopic (exact) mass is 296 g/mol. The third-order valence-electron chi connectivity index (χ3n) is 3.63. The average molecular weight is 296 g/mol. The molecule has 0 spiro atoms. The minimum absolute atomic E-state index is 0. The van der Waals surface area contributed by atoms with Gasteiger partial charge in [0.2, 0.25) is 5.91 Å². The van der Waals surface area contributed by atoms with Crippen molar-refractivity contribution in [3.05, 3.63) is 24.4 Å². The SMILES string of the molecule is C.[2H]C([2H])([2H])C([2H])([2H])C(=O)N(c1ccccn1)C(C)CN1CCCCC1. The van der Waals surface area contributed by atoms with Crippen molar-refractivity contribution in [1.82, 2.24) is 9.88 Å². The van der Waals surface area contributed by atoms with Gasteiger partial charge in [-0.2, -0.15) is 0 Å². The lowest BCUT2D eigenvalue weighted by molar-refractivity contribution is -0.118. The highest BCUT2D eigenvalue weighted by molar-refractivity contribution is 5.92. The Hall–Kier alpha value is -1.42. The van der Waals surface area contributed by atoms with Crippen LogP contribution in [0.1, 0.15) is 53.7 Å². The number of pyridine rings is 1. The molecule has 4 nitrogen and oxygen atoms in total. The molecule has 1 aromatic heterocycles. The fourth-order valence-electron chi connectivity index (χ4n) is 2.68. The minimum Gasteiger partial charge on any atom is -0.301 e. The van der Waals surface area contributed by atoms with Gasteiger partial charge >= 0.3 is 0 Å². The van der Waals surface area contributed by atoms with Crippen LogP contribution in [-0.4, -0.2) is 41.5 Å². The molecule has 2 rings (SSSR count). The van der Waals surface area contributed by atoms with E-state index < -0.39 is 25.2 Å². The Morgan fingerprint density at radius 3 is 2.86 bits per heavy atom. The largest absolute Gasteiger partial charge is 0.301 e. The van der Waals surface area contributed by atoms with E-state index >= 15 is 0 Å². The zero-order valence-corrected chi connectivity index (χ0v) is 11.9. The molecule has 21 heavy (non-hydrogen) atoms. The first-order valence-corrected chi connectivity index (χ1v) is 7.11. The summed E-state index contributed by atoms with van der Waals surface area (Å²) in [6, 6.07) is 4.60. The zero-order chi connectivity index (χ0) is 18.7. The van der Waals surface area contributed by atoms with Gasteiger partial charge in [-0.1, -0.05) is 26.8 Å². The molecule has 118 valence electrons. The van der Waals surface area contributed by atoms with Gasteiger partial charge < -0.3 is 4.90 Å². The Morgan fingerprint density at radius 1 is 1.48 bits per heavy atom. The number of amides is 1. The highest BCUT2D eigenvalue weighted by atomic mass is 16.2. The molecule has 1 unspecified atom stereocenters. The van der Waals surface area contributed by atoms with E-state index in [1.54, 1.807) is 25.1 Å². The first-order chi connectivity index (χ1) is 11.6. The molecule has 0 N–H and O–H groups in total. The smallest absolute Gasteiger partial charge is 0.228 e. The highest BCUT2D eigenvalue weighted by Crippen LogP contribution is 2.17. The van der Waals surface area contributed by atoms with Crippen LogP contribution < -0.4 is 4.90 Å². The lowest BCUT2D eigenvalue weighted by atomic mass is 10.1. The molecule has 0 aromatic carbocycles. The van der Waals surface area contributed by atoms with Crippen LogP contribution in [0.2, 0.25) is 0 Å². The zero-order valence-electron chi connectivity index (χ0n) is 16.9. The van der Waals surface area contributed by atoms with E-state index in [1.165, 1.54) is 17.5 Å². The van der Waals surface area contributed by atoms with Crippen molar-refractivity contribution in [2.45, 2.75) is 52.9 Å². The average Bonchev–Trinajstić information content (AvgIpc) is 2.55. The second-order valence-electron chi connectivity index (χ2n) is 5.20. The number of carbonyl (C=O) groups excluding carboxylic acids is 1. The van der Waals surface area contributed by atoms with Gasteiger partial charge in [0.15, 0.2) is 0 Å². The number of hydrogen-bond donors (Lipinski definition) is 0. The molecule has 2 heterocycles. The van der Waals surface area contributed by atoms with Crippen LogP contribution >= 0.6 is 0 Å². The van der Waals surface area contributed by atoms with Crippen LogP contribution in [-0.2, 0) is 4.79 Å². The summed E-state index contributed by atoms with van der Waals surface area (Å²) in [4.78, 5) is 20.4. The quantitative estimate of drug-likeness (QED) is 0.836. The molecule has 1 amide bonds. The van der Waals surface area contributed by atoms with Gasteiger partial charge in [0.1, 0.15) is 5.82 Å². The molecule has 0 bridgehead atoms. The normalized spacial score (nSPS) is 21.7. The molecule has 1 aliphatic rings. The third-order valence-corrected chi connectivity index (χ3v) is 3.63. The number of piperidine rings is 1. The van der Waals surface area contributed by atoms with Gasteiger partial charge in [-0.05, 0) is 45.0 Å². The molecular formula is C17H29N3O. The molecule has 0 aliphatic carbocycles. The predicted molar refractivity (Wildman–Crippen MR) is 88.5 cm³/mol. The van der Waals surface area contributed by atoms with Gasteiger partial charge in [-0.25, -0.2) is 4.98 Å². The fraction of sp³-hybridized carbons (Fsp3) is 0.647. The first-order valence-electron chi connectivity index (χ1n) is 9.61. The van der Waals surface area contributed by atoms with Crippen molar-refractivity contribution < 1.29 is 11.6 Å². The summed E-state index contributed by atoms with van der Waals surface area (Å²) in [5, 5.41) is 0. The van der Waals surface area contributed by atoms with Crippen molar-refractivity contribution in [3.63, 3.8) is 0 Å². The van der Waals surface area contributed by atoms with E-state index in [4.69, 9.17) is 6.85 Å². The summed E-state index contributed by atoms with van der Waals surface area (Å²) in [5.41, 5.74) is 0. The molecule has 0 radical (unpaired) electrons.